The summed E-state index contributed by atoms with van der Waals surface area (Å²) in [4.78, 5) is 11.9. The Labute approximate surface area is 167 Å². The van der Waals surface area contributed by atoms with Gasteiger partial charge in [-0.2, -0.15) is 0 Å². The van der Waals surface area contributed by atoms with Crippen LogP contribution in [0.4, 0.5) is 0 Å². The van der Waals surface area contributed by atoms with Gasteiger partial charge >= 0.3 is 5.97 Å². The molecule has 0 spiro atoms. The first kappa shape index (κ1) is 21.6. The van der Waals surface area contributed by atoms with E-state index in [1.54, 1.807) is 32.4 Å². The molecule has 0 aliphatic carbocycles. The van der Waals surface area contributed by atoms with Crippen molar-refractivity contribution in [2.75, 3.05) is 20.8 Å². The maximum Gasteiger partial charge on any atom is 0.311 e. The predicted octanol–water partition coefficient (Wildman–Crippen LogP) is 5.07. The van der Waals surface area contributed by atoms with Crippen molar-refractivity contribution >= 4 is 5.97 Å². The fraction of sp³-hybridized carbons (Fsp3) is 0.435. The minimum atomic E-state index is -0.872. The normalized spacial score (nSPS) is 11.7. The summed E-state index contributed by atoms with van der Waals surface area (Å²) in [5.41, 5.74) is 1.63. The molecule has 28 heavy (non-hydrogen) atoms. The maximum atomic E-state index is 11.9. The molecule has 1 atom stereocenters. The molecule has 0 saturated carbocycles. The zero-order chi connectivity index (χ0) is 20.4. The second kappa shape index (κ2) is 11.2. The second-order valence-electron chi connectivity index (χ2n) is 6.76. The van der Waals surface area contributed by atoms with E-state index in [0.717, 1.165) is 17.7 Å². The van der Waals surface area contributed by atoms with Crippen LogP contribution < -0.4 is 14.2 Å². The Morgan fingerprint density at radius 1 is 0.964 bits per heavy atom. The van der Waals surface area contributed by atoms with Crippen LogP contribution >= 0.6 is 0 Å². The van der Waals surface area contributed by atoms with Gasteiger partial charge in [-0.3, -0.25) is 4.79 Å². The van der Waals surface area contributed by atoms with Gasteiger partial charge in [0.1, 0.15) is 5.75 Å². The third kappa shape index (κ3) is 6.19. The van der Waals surface area contributed by atoms with E-state index >= 15 is 0 Å². The van der Waals surface area contributed by atoms with Crippen molar-refractivity contribution in [2.45, 2.75) is 44.9 Å². The molecule has 0 saturated heterocycles. The molecule has 0 bridgehead atoms. The zero-order valence-electron chi connectivity index (χ0n) is 16.9. The summed E-state index contributed by atoms with van der Waals surface area (Å²) in [5.74, 6) is 0.385. The highest BCUT2D eigenvalue weighted by Gasteiger charge is 2.22. The van der Waals surface area contributed by atoms with Gasteiger partial charge in [0.15, 0.2) is 11.5 Å². The topological polar surface area (TPSA) is 65.0 Å². The van der Waals surface area contributed by atoms with Gasteiger partial charge in [0.05, 0.1) is 26.7 Å². The first-order valence-corrected chi connectivity index (χ1v) is 9.75. The molecule has 2 aromatic carbocycles. The largest absolute Gasteiger partial charge is 0.494 e. The van der Waals surface area contributed by atoms with Crippen molar-refractivity contribution in [3.63, 3.8) is 0 Å². The lowest BCUT2D eigenvalue weighted by Gasteiger charge is -2.16. The number of carboxylic acid groups (broad SMARTS) is 1. The molecular weight excluding hydrogens is 356 g/mol. The molecule has 5 heteroatoms. The van der Waals surface area contributed by atoms with E-state index in [0.29, 0.717) is 30.1 Å². The Bertz CT molecular complexity index is 739. The Kier molecular flexibility index (Phi) is 8.66. The van der Waals surface area contributed by atoms with Crippen LogP contribution in [0.15, 0.2) is 42.5 Å². The lowest BCUT2D eigenvalue weighted by Crippen LogP contribution is -2.14. The van der Waals surface area contributed by atoms with Crippen LogP contribution in [0.1, 0.15) is 49.7 Å². The fourth-order valence-corrected chi connectivity index (χ4v) is 3.09. The summed E-state index contributed by atoms with van der Waals surface area (Å²) in [6, 6.07) is 12.9. The van der Waals surface area contributed by atoms with Crippen LogP contribution in [-0.4, -0.2) is 31.9 Å². The van der Waals surface area contributed by atoms with Crippen LogP contribution in [0.5, 0.6) is 17.2 Å². The van der Waals surface area contributed by atoms with Crippen molar-refractivity contribution in [3.05, 3.63) is 53.6 Å². The zero-order valence-corrected chi connectivity index (χ0v) is 16.9. The number of aliphatic carboxylic acids is 1. The molecule has 0 radical (unpaired) electrons. The lowest BCUT2D eigenvalue weighted by molar-refractivity contribution is -0.138. The molecule has 1 N–H and O–H groups in total. The monoisotopic (exact) mass is 386 g/mol. The van der Waals surface area contributed by atoms with Gasteiger partial charge in [-0.1, -0.05) is 44.4 Å². The number of benzene rings is 2. The number of carbonyl (C=O) groups is 1. The fourth-order valence-electron chi connectivity index (χ4n) is 3.09. The molecular formula is C23H30O5. The van der Waals surface area contributed by atoms with Crippen molar-refractivity contribution in [3.8, 4) is 17.2 Å². The SMILES string of the molecule is CCCCCCOc1ccc(CC(C(=O)O)c2ccc(OC)c(OC)c2)cc1. The number of hydrogen-bond acceptors (Lipinski definition) is 4. The van der Waals surface area contributed by atoms with Crippen LogP contribution in [0.2, 0.25) is 0 Å². The molecule has 0 aromatic heterocycles. The van der Waals surface area contributed by atoms with E-state index < -0.39 is 11.9 Å². The molecule has 0 heterocycles. The third-order valence-corrected chi connectivity index (χ3v) is 4.74. The predicted molar refractivity (Wildman–Crippen MR) is 110 cm³/mol. The van der Waals surface area contributed by atoms with Gasteiger partial charge in [-0.15, -0.1) is 0 Å². The van der Waals surface area contributed by atoms with Gasteiger partial charge in [0, 0.05) is 0 Å². The molecule has 0 amide bonds. The second-order valence-corrected chi connectivity index (χ2v) is 6.76. The first-order valence-electron chi connectivity index (χ1n) is 9.75. The summed E-state index contributed by atoms with van der Waals surface area (Å²) >= 11 is 0. The van der Waals surface area contributed by atoms with Crippen molar-refractivity contribution < 1.29 is 24.1 Å². The van der Waals surface area contributed by atoms with Gasteiger partial charge in [-0.25, -0.2) is 0 Å². The summed E-state index contributed by atoms with van der Waals surface area (Å²) < 4.78 is 16.3. The van der Waals surface area contributed by atoms with Gasteiger partial charge < -0.3 is 19.3 Å². The number of carboxylic acids is 1. The average molecular weight is 386 g/mol. The molecule has 5 nitrogen and oxygen atoms in total. The number of ether oxygens (including phenoxy) is 3. The Hall–Kier alpha value is -2.69. The minimum absolute atomic E-state index is 0.390. The van der Waals surface area contributed by atoms with E-state index in [4.69, 9.17) is 14.2 Å². The average Bonchev–Trinajstić information content (AvgIpc) is 2.72. The smallest absolute Gasteiger partial charge is 0.311 e. The van der Waals surface area contributed by atoms with Gasteiger partial charge in [0.2, 0.25) is 0 Å². The lowest BCUT2D eigenvalue weighted by atomic mass is 9.92. The third-order valence-electron chi connectivity index (χ3n) is 4.74. The molecule has 1 unspecified atom stereocenters. The number of unbranched alkanes of at least 4 members (excludes halogenated alkanes) is 3. The summed E-state index contributed by atoms with van der Waals surface area (Å²) in [6.45, 7) is 2.90. The molecule has 0 fully saturated rings. The van der Waals surface area contributed by atoms with E-state index in [9.17, 15) is 9.90 Å². The molecule has 152 valence electrons. The minimum Gasteiger partial charge on any atom is -0.494 e. The number of methoxy groups -OCH3 is 2. The Morgan fingerprint density at radius 3 is 2.29 bits per heavy atom. The Morgan fingerprint density at radius 2 is 1.68 bits per heavy atom. The summed E-state index contributed by atoms with van der Waals surface area (Å²) in [5, 5.41) is 9.72. The van der Waals surface area contributed by atoms with E-state index in [1.165, 1.54) is 19.3 Å². The molecule has 2 aromatic rings. The van der Waals surface area contributed by atoms with E-state index in [1.807, 2.05) is 24.3 Å². The first-order chi connectivity index (χ1) is 13.6. The van der Waals surface area contributed by atoms with E-state index in [2.05, 4.69) is 6.92 Å². The standard InChI is InChI=1S/C23H30O5/c1-4-5-6-7-14-28-19-11-8-17(9-12-19)15-20(23(24)25)18-10-13-21(26-2)22(16-18)27-3/h8-13,16,20H,4-7,14-15H2,1-3H3,(H,24,25). The van der Waals surface area contributed by atoms with Crippen LogP contribution in [-0.2, 0) is 11.2 Å². The van der Waals surface area contributed by atoms with Gasteiger partial charge in [-0.05, 0) is 48.2 Å². The highest BCUT2D eigenvalue weighted by Crippen LogP contribution is 2.32. The molecule has 0 aliphatic heterocycles. The molecule has 0 aliphatic rings. The Balaban J connectivity index is 2.03. The van der Waals surface area contributed by atoms with E-state index in [-0.39, 0.29) is 0 Å². The van der Waals surface area contributed by atoms with Crippen molar-refractivity contribution in [2.24, 2.45) is 0 Å². The van der Waals surface area contributed by atoms with Crippen molar-refractivity contribution in [1.29, 1.82) is 0 Å². The summed E-state index contributed by atoms with van der Waals surface area (Å²) in [7, 11) is 3.10. The number of rotatable bonds is 12. The van der Waals surface area contributed by atoms with Gasteiger partial charge in [0.25, 0.3) is 0 Å². The highest BCUT2D eigenvalue weighted by atomic mass is 16.5. The van der Waals surface area contributed by atoms with Crippen molar-refractivity contribution in [1.82, 2.24) is 0 Å². The maximum absolute atomic E-state index is 11.9. The molecule has 2 rings (SSSR count). The summed E-state index contributed by atoms with van der Waals surface area (Å²) in [6.07, 6.45) is 5.06. The van der Waals surface area contributed by atoms with Crippen LogP contribution in [0, 0.1) is 0 Å². The highest BCUT2D eigenvalue weighted by molar-refractivity contribution is 5.77. The quantitative estimate of drug-likeness (QED) is 0.516. The van der Waals surface area contributed by atoms with Crippen LogP contribution in [0.25, 0.3) is 0 Å². The van der Waals surface area contributed by atoms with Crippen LogP contribution in [0.3, 0.4) is 0 Å². The number of hydrogen-bond donors (Lipinski definition) is 1.